The average Bonchev–Trinajstić information content (AvgIpc) is 2.46. The van der Waals surface area contributed by atoms with E-state index < -0.39 is 0 Å². The molecule has 0 aromatic heterocycles. The Hall–Kier alpha value is -1.68. The third-order valence-electron chi connectivity index (χ3n) is 2.66. The molecule has 0 spiro atoms. The van der Waals surface area contributed by atoms with E-state index in [-0.39, 0.29) is 39.2 Å². The number of benzene rings is 2. The molecule has 0 aliphatic heterocycles. The first-order valence-corrected chi connectivity index (χ1v) is 6.29. The van der Waals surface area contributed by atoms with E-state index in [0.29, 0.717) is 24.2 Å². The van der Waals surface area contributed by atoms with E-state index in [1.165, 1.54) is 12.1 Å². The first-order valence-electron chi connectivity index (χ1n) is 6.29. The molecule has 21 heavy (non-hydrogen) atoms. The van der Waals surface area contributed by atoms with Gasteiger partial charge in [-0.3, -0.25) is 9.98 Å². The minimum atomic E-state index is -0.0416. The van der Waals surface area contributed by atoms with Gasteiger partial charge in [0.1, 0.15) is 0 Å². The first-order chi connectivity index (χ1) is 9.77. The molecule has 0 saturated carbocycles. The van der Waals surface area contributed by atoms with Crippen LogP contribution < -0.4 is 10.2 Å². The zero-order valence-corrected chi connectivity index (χ0v) is 17.1. The Labute approximate surface area is 144 Å². The Bertz CT molecular complexity index is 572. The van der Waals surface area contributed by atoms with Gasteiger partial charge in [0.05, 0.1) is 13.1 Å². The number of nitrogens with zero attached hydrogens (tertiary/aromatic N) is 2. The molecule has 5 heteroatoms. The third-order valence-corrected chi connectivity index (χ3v) is 2.66. The van der Waals surface area contributed by atoms with Gasteiger partial charge in [-0.1, -0.05) is 48.5 Å². The molecule has 2 aromatic carbocycles. The summed E-state index contributed by atoms with van der Waals surface area (Å²) in [7, 11) is 0. The van der Waals surface area contributed by atoms with E-state index in [1.54, 1.807) is 48.8 Å². The molecule has 0 unspecified atom stereocenters. The molecule has 0 aliphatic carbocycles. The van der Waals surface area contributed by atoms with Gasteiger partial charge in [-0.25, -0.2) is 0 Å². The standard InChI is InChI=1S/C16H16N2O2.Hg/c19-15-7-3-1-5-13(15)11-17-9-10-18-12-14-6-2-4-8-16(14)20;/h1-8,11-12,19-20H,9-10H2;/q;+2/p-2. The van der Waals surface area contributed by atoms with Crippen LogP contribution in [0.5, 0.6) is 11.5 Å². The van der Waals surface area contributed by atoms with Gasteiger partial charge >= 0.3 is 27.7 Å². The summed E-state index contributed by atoms with van der Waals surface area (Å²) in [5.41, 5.74) is 1.14. The van der Waals surface area contributed by atoms with Gasteiger partial charge in [0.15, 0.2) is 0 Å². The number of rotatable bonds is 5. The molecular formula is C16H14HgN2O2. The fourth-order valence-corrected chi connectivity index (χ4v) is 1.62. The van der Waals surface area contributed by atoms with Crippen LogP contribution in [0.2, 0.25) is 0 Å². The Balaban J connectivity index is 0.00000220. The SMILES string of the molecule is [Hg+2].[O-]c1ccccc1C=NCCN=Cc1ccccc1[O-]. The van der Waals surface area contributed by atoms with Gasteiger partial charge in [0.2, 0.25) is 0 Å². The van der Waals surface area contributed by atoms with Crippen LogP contribution in [-0.2, 0) is 27.7 Å². The Morgan fingerprint density at radius 1 is 0.714 bits per heavy atom. The number of hydrogen-bond donors (Lipinski definition) is 0. The minimum Gasteiger partial charge on any atom is -0.872 e. The Kier molecular flexibility index (Phi) is 7.68. The molecular weight excluding hydrogens is 453 g/mol. The fraction of sp³-hybridized carbons (Fsp3) is 0.125. The summed E-state index contributed by atoms with van der Waals surface area (Å²) in [6.07, 6.45) is 3.11. The second kappa shape index (κ2) is 9.29. The van der Waals surface area contributed by atoms with Gasteiger partial charge in [0.25, 0.3) is 0 Å². The summed E-state index contributed by atoms with van der Waals surface area (Å²) in [5, 5.41) is 22.8. The van der Waals surface area contributed by atoms with E-state index in [0.717, 1.165) is 0 Å². The summed E-state index contributed by atoms with van der Waals surface area (Å²) in [4.78, 5) is 8.28. The van der Waals surface area contributed by atoms with Crippen molar-refractivity contribution in [3.8, 4) is 11.5 Å². The summed E-state index contributed by atoms with van der Waals surface area (Å²) >= 11 is 0. The normalized spacial score (nSPS) is 10.9. The number of aliphatic imine (C=N–C) groups is 2. The summed E-state index contributed by atoms with van der Waals surface area (Å²) < 4.78 is 0. The predicted octanol–water partition coefficient (Wildman–Crippen LogP) is 1.37. The molecule has 0 radical (unpaired) electrons. The van der Waals surface area contributed by atoms with Crippen molar-refractivity contribution in [3.63, 3.8) is 0 Å². The average molecular weight is 467 g/mol. The van der Waals surface area contributed by atoms with E-state index in [1.807, 2.05) is 0 Å². The molecule has 0 saturated heterocycles. The van der Waals surface area contributed by atoms with E-state index in [4.69, 9.17) is 0 Å². The molecule has 0 bridgehead atoms. The minimum absolute atomic E-state index is 0. The van der Waals surface area contributed by atoms with Crippen molar-refractivity contribution in [2.24, 2.45) is 9.98 Å². The second-order valence-electron chi connectivity index (χ2n) is 4.15. The number of para-hydroxylation sites is 2. The maximum absolute atomic E-state index is 11.4. The maximum atomic E-state index is 11.4. The molecule has 2 rings (SSSR count). The van der Waals surface area contributed by atoms with Crippen molar-refractivity contribution in [1.29, 1.82) is 0 Å². The molecule has 0 fully saturated rings. The number of hydrogen-bond acceptors (Lipinski definition) is 4. The van der Waals surface area contributed by atoms with Gasteiger partial charge in [0, 0.05) is 12.4 Å². The monoisotopic (exact) mass is 468 g/mol. The van der Waals surface area contributed by atoms with Crippen molar-refractivity contribution in [1.82, 2.24) is 0 Å². The summed E-state index contributed by atoms with van der Waals surface area (Å²) in [6.45, 7) is 0.956. The molecule has 0 aliphatic rings. The van der Waals surface area contributed by atoms with Crippen molar-refractivity contribution < 1.29 is 37.9 Å². The zero-order valence-electron chi connectivity index (χ0n) is 11.6. The largest absolute Gasteiger partial charge is 2.00 e. The molecule has 0 atom stereocenters. The Morgan fingerprint density at radius 2 is 1.10 bits per heavy atom. The summed E-state index contributed by atoms with van der Waals surface area (Å²) in [6, 6.07) is 13.5. The van der Waals surface area contributed by atoms with Gasteiger partial charge in [-0.2, -0.15) is 0 Å². The predicted molar refractivity (Wildman–Crippen MR) is 76.7 cm³/mol. The van der Waals surface area contributed by atoms with Crippen molar-refractivity contribution in [2.75, 3.05) is 13.1 Å². The van der Waals surface area contributed by atoms with E-state index in [2.05, 4.69) is 9.98 Å². The van der Waals surface area contributed by atoms with Gasteiger partial charge in [-0.05, 0) is 11.1 Å². The molecule has 4 nitrogen and oxygen atoms in total. The van der Waals surface area contributed by atoms with Crippen LogP contribution in [0.3, 0.4) is 0 Å². The molecule has 0 heterocycles. The van der Waals surface area contributed by atoms with Crippen molar-refractivity contribution >= 4 is 12.4 Å². The van der Waals surface area contributed by atoms with Crippen LogP contribution in [0.15, 0.2) is 58.5 Å². The molecule has 0 N–H and O–H groups in total. The van der Waals surface area contributed by atoms with Crippen LogP contribution in [0, 0.1) is 0 Å². The Morgan fingerprint density at radius 3 is 1.48 bits per heavy atom. The smallest absolute Gasteiger partial charge is 0.872 e. The second-order valence-corrected chi connectivity index (χ2v) is 4.15. The topological polar surface area (TPSA) is 70.8 Å². The van der Waals surface area contributed by atoms with Gasteiger partial charge in [-0.15, -0.1) is 11.5 Å². The molecule has 2 aromatic rings. The molecule has 0 amide bonds. The van der Waals surface area contributed by atoms with Crippen molar-refractivity contribution in [3.05, 3.63) is 59.7 Å². The van der Waals surface area contributed by atoms with Crippen LogP contribution in [0.4, 0.5) is 0 Å². The van der Waals surface area contributed by atoms with E-state index in [9.17, 15) is 10.2 Å². The van der Waals surface area contributed by atoms with Crippen LogP contribution >= 0.6 is 0 Å². The quantitative estimate of drug-likeness (QED) is 0.379. The van der Waals surface area contributed by atoms with Crippen molar-refractivity contribution in [2.45, 2.75) is 0 Å². The van der Waals surface area contributed by atoms with Crippen LogP contribution in [0.25, 0.3) is 0 Å². The van der Waals surface area contributed by atoms with Crippen LogP contribution in [0.1, 0.15) is 11.1 Å². The third kappa shape index (κ3) is 5.67. The van der Waals surface area contributed by atoms with Crippen LogP contribution in [-0.4, -0.2) is 25.5 Å². The summed E-state index contributed by atoms with van der Waals surface area (Å²) in [5.74, 6) is -0.0833. The fourth-order valence-electron chi connectivity index (χ4n) is 1.62. The van der Waals surface area contributed by atoms with Gasteiger partial charge < -0.3 is 10.2 Å². The maximum Gasteiger partial charge on any atom is 2.00 e. The first kappa shape index (κ1) is 17.4. The molecule has 102 valence electrons. The zero-order chi connectivity index (χ0) is 14.2. The van der Waals surface area contributed by atoms with E-state index >= 15 is 0 Å².